The number of hydrogen-bond acceptors (Lipinski definition) is 2. The molecule has 0 unspecified atom stereocenters. The monoisotopic (exact) mass is 248 g/mol. The first-order chi connectivity index (χ1) is 6.15. The number of halogens is 1. The maximum Gasteiger partial charge on any atom is 0.233 e. The summed E-state index contributed by atoms with van der Waals surface area (Å²) in [5, 5.41) is 0. The van der Waals surface area contributed by atoms with Crippen LogP contribution in [0.2, 0.25) is 0 Å². The molecule has 1 aliphatic rings. The number of carbonyl (C=O) groups is 1. The van der Waals surface area contributed by atoms with E-state index in [1.165, 1.54) is 0 Å². The molecule has 1 rings (SSSR count). The molecule has 0 aliphatic carbocycles. The Balaban J connectivity index is 2.34. The SMILES string of the molecule is CC(C)N1CCC(C(=O)NBr)CC1. The van der Waals surface area contributed by atoms with Crippen molar-refractivity contribution in [3.8, 4) is 0 Å². The van der Waals surface area contributed by atoms with E-state index in [-0.39, 0.29) is 11.8 Å². The number of nitrogens with one attached hydrogen (secondary N) is 1. The molecule has 0 bridgehead atoms. The molecule has 13 heavy (non-hydrogen) atoms. The van der Waals surface area contributed by atoms with Crippen LogP contribution in [-0.2, 0) is 4.79 Å². The number of hydrogen-bond donors (Lipinski definition) is 1. The first kappa shape index (κ1) is 11.0. The average Bonchev–Trinajstić information content (AvgIpc) is 2.17. The van der Waals surface area contributed by atoms with Gasteiger partial charge < -0.3 is 4.90 Å². The van der Waals surface area contributed by atoms with E-state index >= 15 is 0 Å². The van der Waals surface area contributed by atoms with Gasteiger partial charge in [0.05, 0.1) is 0 Å². The smallest absolute Gasteiger partial charge is 0.233 e. The summed E-state index contributed by atoms with van der Waals surface area (Å²) in [6.45, 7) is 6.49. The Morgan fingerprint density at radius 2 is 2.00 bits per heavy atom. The first-order valence-electron chi connectivity index (χ1n) is 4.79. The summed E-state index contributed by atoms with van der Waals surface area (Å²) in [6, 6.07) is 0.605. The van der Waals surface area contributed by atoms with Crippen LogP contribution in [-0.4, -0.2) is 29.9 Å². The lowest BCUT2D eigenvalue weighted by molar-refractivity contribution is -0.124. The molecule has 0 radical (unpaired) electrons. The van der Waals surface area contributed by atoms with Crippen LogP contribution in [0.15, 0.2) is 0 Å². The van der Waals surface area contributed by atoms with E-state index in [1.54, 1.807) is 0 Å². The molecule has 1 saturated heterocycles. The summed E-state index contributed by atoms with van der Waals surface area (Å²) >= 11 is 2.98. The van der Waals surface area contributed by atoms with Gasteiger partial charge in [0.2, 0.25) is 5.91 Å². The second kappa shape index (κ2) is 4.96. The van der Waals surface area contributed by atoms with E-state index < -0.39 is 0 Å². The Morgan fingerprint density at radius 1 is 1.46 bits per heavy atom. The lowest BCUT2D eigenvalue weighted by Gasteiger charge is -2.33. The second-order valence-electron chi connectivity index (χ2n) is 3.86. The van der Waals surface area contributed by atoms with Crippen molar-refractivity contribution >= 4 is 22.1 Å². The van der Waals surface area contributed by atoms with Crippen LogP contribution in [0.3, 0.4) is 0 Å². The fourth-order valence-corrected chi connectivity index (χ4v) is 2.08. The third kappa shape index (κ3) is 2.95. The minimum atomic E-state index is 0.128. The van der Waals surface area contributed by atoms with E-state index in [4.69, 9.17) is 0 Å². The van der Waals surface area contributed by atoms with Crippen LogP contribution in [0.25, 0.3) is 0 Å². The van der Waals surface area contributed by atoms with Gasteiger partial charge in [-0.3, -0.25) is 9.14 Å². The number of likely N-dealkylation sites (tertiary alicyclic amines) is 1. The topological polar surface area (TPSA) is 32.3 Å². The Hall–Kier alpha value is -0.0900. The van der Waals surface area contributed by atoms with Crippen LogP contribution in [0.5, 0.6) is 0 Å². The molecule has 1 amide bonds. The molecule has 0 aromatic rings. The normalized spacial score (nSPS) is 20.6. The van der Waals surface area contributed by atoms with Gasteiger partial charge in [0.25, 0.3) is 0 Å². The molecule has 1 aliphatic heterocycles. The molecule has 0 saturated carbocycles. The highest BCUT2D eigenvalue weighted by Crippen LogP contribution is 2.18. The highest BCUT2D eigenvalue weighted by molar-refractivity contribution is 9.08. The van der Waals surface area contributed by atoms with E-state index in [0.717, 1.165) is 25.9 Å². The van der Waals surface area contributed by atoms with Gasteiger partial charge in [0.1, 0.15) is 0 Å². The molecule has 1 N–H and O–H groups in total. The summed E-state index contributed by atoms with van der Waals surface area (Å²) in [4.78, 5) is 13.7. The zero-order valence-corrected chi connectivity index (χ0v) is 9.80. The molecular formula is C9H17BrN2O. The Kier molecular flexibility index (Phi) is 4.19. The van der Waals surface area contributed by atoms with E-state index in [0.29, 0.717) is 6.04 Å². The summed E-state index contributed by atoms with van der Waals surface area (Å²) in [7, 11) is 0. The lowest BCUT2D eigenvalue weighted by Crippen LogP contribution is -2.41. The predicted octanol–water partition coefficient (Wildman–Crippen LogP) is 1.53. The third-order valence-corrected chi connectivity index (χ3v) is 3.11. The molecule has 76 valence electrons. The van der Waals surface area contributed by atoms with Crippen molar-refractivity contribution in [2.24, 2.45) is 5.92 Å². The van der Waals surface area contributed by atoms with Crippen molar-refractivity contribution in [3.05, 3.63) is 0 Å². The number of piperidine rings is 1. The van der Waals surface area contributed by atoms with Crippen molar-refractivity contribution in [2.45, 2.75) is 32.7 Å². The van der Waals surface area contributed by atoms with Crippen LogP contribution < -0.4 is 4.34 Å². The highest BCUT2D eigenvalue weighted by atomic mass is 79.9. The van der Waals surface area contributed by atoms with E-state index in [1.807, 2.05) is 0 Å². The number of rotatable bonds is 2. The molecule has 0 atom stereocenters. The standard InChI is InChI=1S/C9H17BrN2O/c1-7(2)12-5-3-8(4-6-12)9(13)11-10/h7-8H,3-6H2,1-2H3,(H,11,13). The quantitative estimate of drug-likeness (QED) is 0.753. The number of carbonyl (C=O) groups excluding carboxylic acids is 1. The van der Waals surface area contributed by atoms with Crippen LogP contribution >= 0.6 is 16.1 Å². The van der Waals surface area contributed by atoms with Gasteiger partial charge in [0, 0.05) is 28.1 Å². The Labute approximate surface area is 88.2 Å². The second-order valence-corrected chi connectivity index (χ2v) is 4.26. The maximum atomic E-state index is 11.3. The Bertz CT molecular complexity index is 176. The summed E-state index contributed by atoms with van der Waals surface area (Å²) in [5.41, 5.74) is 0. The number of amides is 1. The fourth-order valence-electron chi connectivity index (χ4n) is 1.76. The molecule has 0 aromatic carbocycles. The maximum absolute atomic E-state index is 11.3. The van der Waals surface area contributed by atoms with Crippen molar-refractivity contribution < 1.29 is 4.79 Å². The largest absolute Gasteiger partial charge is 0.301 e. The molecule has 1 heterocycles. The van der Waals surface area contributed by atoms with Crippen LogP contribution in [0.4, 0.5) is 0 Å². The molecule has 4 heteroatoms. The van der Waals surface area contributed by atoms with E-state index in [2.05, 4.69) is 39.2 Å². The zero-order valence-electron chi connectivity index (χ0n) is 8.22. The number of nitrogens with zero attached hydrogens (tertiary/aromatic N) is 1. The van der Waals surface area contributed by atoms with Gasteiger partial charge in [-0.15, -0.1) is 0 Å². The molecular weight excluding hydrogens is 232 g/mol. The summed E-state index contributed by atoms with van der Waals surface area (Å²) in [6.07, 6.45) is 1.96. The minimum absolute atomic E-state index is 0.128. The summed E-state index contributed by atoms with van der Waals surface area (Å²) < 4.78 is 2.53. The van der Waals surface area contributed by atoms with Gasteiger partial charge >= 0.3 is 0 Å². The van der Waals surface area contributed by atoms with E-state index in [9.17, 15) is 4.79 Å². The first-order valence-corrected chi connectivity index (χ1v) is 5.59. The lowest BCUT2D eigenvalue weighted by atomic mass is 9.95. The van der Waals surface area contributed by atoms with Crippen molar-refractivity contribution in [1.82, 2.24) is 9.24 Å². The van der Waals surface area contributed by atoms with Crippen molar-refractivity contribution in [3.63, 3.8) is 0 Å². The predicted molar refractivity (Wildman–Crippen MR) is 56.5 cm³/mol. The van der Waals surface area contributed by atoms with Crippen LogP contribution in [0.1, 0.15) is 26.7 Å². The fraction of sp³-hybridized carbons (Fsp3) is 0.889. The van der Waals surface area contributed by atoms with Crippen LogP contribution in [0, 0.1) is 5.92 Å². The van der Waals surface area contributed by atoms with Gasteiger partial charge in [-0.2, -0.15) is 0 Å². The zero-order chi connectivity index (χ0) is 9.84. The molecule has 0 spiro atoms. The third-order valence-electron chi connectivity index (χ3n) is 2.72. The van der Waals surface area contributed by atoms with Gasteiger partial charge in [0.15, 0.2) is 0 Å². The average molecular weight is 249 g/mol. The molecule has 3 nitrogen and oxygen atoms in total. The van der Waals surface area contributed by atoms with Gasteiger partial charge in [-0.05, 0) is 39.8 Å². The summed E-state index contributed by atoms with van der Waals surface area (Å²) in [5.74, 6) is 0.331. The Morgan fingerprint density at radius 3 is 2.38 bits per heavy atom. The highest BCUT2D eigenvalue weighted by Gasteiger charge is 2.25. The van der Waals surface area contributed by atoms with Gasteiger partial charge in [-0.25, -0.2) is 0 Å². The van der Waals surface area contributed by atoms with Crippen molar-refractivity contribution in [1.29, 1.82) is 0 Å². The van der Waals surface area contributed by atoms with Crippen molar-refractivity contribution in [2.75, 3.05) is 13.1 Å². The molecule has 1 fully saturated rings. The van der Waals surface area contributed by atoms with Gasteiger partial charge in [-0.1, -0.05) is 0 Å². The minimum Gasteiger partial charge on any atom is -0.301 e. The molecule has 0 aromatic heterocycles.